The predicted octanol–water partition coefficient (Wildman–Crippen LogP) is 3.22. The Balaban J connectivity index is 2.29. The van der Waals surface area contributed by atoms with Crippen molar-refractivity contribution in [2.75, 3.05) is 12.3 Å². The summed E-state index contributed by atoms with van der Waals surface area (Å²) in [6, 6.07) is 7.81. The quantitative estimate of drug-likeness (QED) is 0.866. The lowest BCUT2D eigenvalue weighted by Gasteiger charge is -2.04. The number of carbonyl (C=O) groups is 1. The average Bonchev–Trinajstić information content (AvgIpc) is 2.81. The summed E-state index contributed by atoms with van der Waals surface area (Å²) >= 11 is 0. The van der Waals surface area contributed by atoms with Crippen molar-refractivity contribution in [2.45, 2.75) is 26.7 Å². The Morgan fingerprint density at radius 2 is 2.00 bits per heavy atom. The van der Waals surface area contributed by atoms with E-state index in [1.807, 2.05) is 24.3 Å². The van der Waals surface area contributed by atoms with Gasteiger partial charge in [-0.15, -0.1) is 0 Å². The molecule has 0 radical (unpaired) electrons. The number of nitrogens with two attached hydrogens (primary N) is 1. The normalized spacial score (nSPS) is 10.8. The van der Waals surface area contributed by atoms with Crippen LogP contribution in [0.1, 0.15) is 42.7 Å². The van der Waals surface area contributed by atoms with Gasteiger partial charge in [0.05, 0.1) is 6.61 Å². The fraction of sp³-hybridized carbons (Fsp3) is 0.333. The van der Waals surface area contributed by atoms with Gasteiger partial charge in [0, 0.05) is 5.56 Å². The van der Waals surface area contributed by atoms with Gasteiger partial charge in [0.15, 0.2) is 0 Å². The third-order valence-corrected chi connectivity index (χ3v) is 2.95. The lowest BCUT2D eigenvalue weighted by atomic mass is 10.0. The third-order valence-electron chi connectivity index (χ3n) is 2.95. The zero-order chi connectivity index (χ0) is 14.7. The maximum absolute atomic E-state index is 11.6. The number of ether oxygens (including phenoxy) is 1. The van der Waals surface area contributed by atoms with E-state index in [-0.39, 0.29) is 18.2 Å². The second-order valence-electron chi connectivity index (χ2n) is 4.73. The third kappa shape index (κ3) is 2.82. The maximum Gasteiger partial charge on any atom is 0.362 e. The van der Waals surface area contributed by atoms with Gasteiger partial charge in [-0.3, -0.25) is 0 Å². The Hall–Kier alpha value is -2.30. The van der Waals surface area contributed by atoms with Crippen molar-refractivity contribution in [2.24, 2.45) is 0 Å². The molecule has 0 saturated carbocycles. The molecule has 106 valence electrons. The molecule has 2 aromatic rings. The maximum atomic E-state index is 11.6. The van der Waals surface area contributed by atoms with Gasteiger partial charge in [0.25, 0.3) is 0 Å². The molecule has 0 amide bonds. The van der Waals surface area contributed by atoms with E-state index in [0.717, 1.165) is 5.56 Å². The van der Waals surface area contributed by atoms with Crippen LogP contribution in [-0.2, 0) is 4.74 Å². The molecule has 0 bridgehead atoms. The second-order valence-corrected chi connectivity index (χ2v) is 4.73. The first-order valence-electron chi connectivity index (χ1n) is 6.56. The van der Waals surface area contributed by atoms with Gasteiger partial charge in [0.2, 0.25) is 17.5 Å². The topological polar surface area (TPSA) is 78.3 Å². The molecular weight excluding hydrogens is 256 g/mol. The molecule has 1 heterocycles. The first-order chi connectivity index (χ1) is 9.52. The van der Waals surface area contributed by atoms with Gasteiger partial charge in [-0.05, 0) is 30.5 Å². The van der Waals surface area contributed by atoms with Gasteiger partial charge in [-0.25, -0.2) is 4.79 Å². The summed E-state index contributed by atoms with van der Waals surface area (Å²) in [6.45, 7) is 6.23. The summed E-state index contributed by atoms with van der Waals surface area (Å²) in [6.07, 6.45) is 0. The molecular formula is C15H18N2O3. The molecule has 20 heavy (non-hydrogen) atoms. The zero-order valence-electron chi connectivity index (χ0n) is 11.8. The van der Waals surface area contributed by atoms with Crippen molar-refractivity contribution in [1.82, 2.24) is 4.98 Å². The molecule has 0 aliphatic carbocycles. The van der Waals surface area contributed by atoms with Gasteiger partial charge in [0.1, 0.15) is 0 Å². The molecule has 0 aliphatic rings. The minimum absolute atomic E-state index is 0.0219. The van der Waals surface area contributed by atoms with Crippen molar-refractivity contribution >= 4 is 11.9 Å². The lowest BCUT2D eigenvalue weighted by molar-refractivity contribution is 0.0521. The molecule has 0 spiro atoms. The SMILES string of the molecule is CCOC(=O)c1nc(-c2ccc(C(C)C)cc2)oc1N. The van der Waals surface area contributed by atoms with Gasteiger partial charge in [-0.1, -0.05) is 26.0 Å². The number of oxazole rings is 1. The number of nitrogen functional groups attached to an aromatic ring is 1. The van der Waals surface area contributed by atoms with Crippen LogP contribution in [0, 0.1) is 0 Å². The van der Waals surface area contributed by atoms with E-state index in [9.17, 15) is 4.79 Å². The van der Waals surface area contributed by atoms with Crippen LogP contribution in [0.3, 0.4) is 0 Å². The monoisotopic (exact) mass is 274 g/mol. The number of esters is 1. The largest absolute Gasteiger partial charge is 0.461 e. The molecule has 0 saturated heterocycles. The Morgan fingerprint density at radius 1 is 1.35 bits per heavy atom. The first-order valence-corrected chi connectivity index (χ1v) is 6.56. The van der Waals surface area contributed by atoms with Crippen LogP contribution in [0.2, 0.25) is 0 Å². The molecule has 5 heteroatoms. The van der Waals surface area contributed by atoms with Crippen LogP contribution >= 0.6 is 0 Å². The van der Waals surface area contributed by atoms with Crippen LogP contribution in [0.15, 0.2) is 28.7 Å². The highest BCUT2D eigenvalue weighted by Gasteiger charge is 2.19. The summed E-state index contributed by atoms with van der Waals surface area (Å²) in [5.74, 6) is 0.180. The minimum Gasteiger partial charge on any atom is -0.461 e. The molecule has 5 nitrogen and oxygen atoms in total. The van der Waals surface area contributed by atoms with Crippen molar-refractivity contribution in [3.63, 3.8) is 0 Å². The summed E-state index contributed by atoms with van der Waals surface area (Å²) in [7, 11) is 0. The Bertz CT molecular complexity index is 600. The second kappa shape index (κ2) is 5.77. The molecule has 1 aromatic carbocycles. The number of anilines is 1. The lowest BCUT2D eigenvalue weighted by Crippen LogP contribution is -2.07. The molecule has 0 aliphatic heterocycles. The highest BCUT2D eigenvalue weighted by molar-refractivity contribution is 5.92. The molecule has 0 fully saturated rings. The van der Waals surface area contributed by atoms with E-state index in [2.05, 4.69) is 18.8 Å². The Kier molecular flexibility index (Phi) is 4.08. The fourth-order valence-electron chi connectivity index (χ4n) is 1.81. The van der Waals surface area contributed by atoms with E-state index < -0.39 is 5.97 Å². The van der Waals surface area contributed by atoms with Crippen molar-refractivity contribution in [1.29, 1.82) is 0 Å². The summed E-state index contributed by atoms with van der Waals surface area (Å²) in [5.41, 5.74) is 7.68. The van der Waals surface area contributed by atoms with Crippen LogP contribution in [0.5, 0.6) is 0 Å². The van der Waals surface area contributed by atoms with Gasteiger partial charge in [-0.2, -0.15) is 4.98 Å². The van der Waals surface area contributed by atoms with Crippen LogP contribution in [0.4, 0.5) is 5.88 Å². The molecule has 1 aromatic heterocycles. The van der Waals surface area contributed by atoms with Crippen LogP contribution < -0.4 is 5.73 Å². The summed E-state index contributed by atoms with van der Waals surface area (Å²) in [4.78, 5) is 15.7. The molecule has 0 unspecified atom stereocenters. The van der Waals surface area contributed by atoms with E-state index in [1.165, 1.54) is 5.56 Å². The highest BCUT2D eigenvalue weighted by atomic mass is 16.5. The predicted molar refractivity (Wildman–Crippen MR) is 76.4 cm³/mol. The average molecular weight is 274 g/mol. The van der Waals surface area contributed by atoms with E-state index in [0.29, 0.717) is 11.8 Å². The smallest absolute Gasteiger partial charge is 0.362 e. The standard InChI is InChI=1S/C15H18N2O3/c1-4-19-15(18)12-13(16)20-14(17-12)11-7-5-10(6-8-11)9(2)3/h5-9H,4,16H2,1-3H3. The van der Waals surface area contributed by atoms with Gasteiger partial charge < -0.3 is 14.9 Å². The fourth-order valence-corrected chi connectivity index (χ4v) is 1.81. The van der Waals surface area contributed by atoms with E-state index >= 15 is 0 Å². The number of benzene rings is 1. The Morgan fingerprint density at radius 3 is 2.55 bits per heavy atom. The number of carbonyl (C=O) groups excluding carboxylic acids is 1. The molecule has 0 atom stereocenters. The number of aromatic nitrogens is 1. The molecule has 2 rings (SSSR count). The van der Waals surface area contributed by atoms with Gasteiger partial charge >= 0.3 is 5.97 Å². The van der Waals surface area contributed by atoms with Crippen LogP contribution in [-0.4, -0.2) is 17.6 Å². The van der Waals surface area contributed by atoms with E-state index in [1.54, 1.807) is 6.92 Å². The first kappa shape index (κ1) is 14.1. The molecule has 2 N–H and O–H groups in total. The summed E-state index contributed by atoms with van der Waals surface area (Å²) < 4.78 is 10.2. The summed E-state index contributed by atoms with van der Waals surface area (Å²) in [5, 5.41) is 0. The number of rotatable bonds is 4. The Labute approximate surface area is 117 Å². The van der Waals surface area contributed by atoms with Crippen molar-refractivity contribution in [3.8, 4) is 11.5 Å². The van der Waals surface area contributed by atoms with Crippen molar-refractivity contribution in [3.05, 3.63) is 35.5 Å². The van der Waals surface area contributed by atoms with E-state index in [4.69, 9.17) is 14.9 Å². The number of nitrogens with zero attached hydrogens (tertiary/aromatic N) is 1. The number of hydrogen-bond donors (Lipinski definition) is 1. The highest BCUT2D eigenvalue weighted by Crippen LogP contribution is 2.25. The van der Waals surface area contributed by atoms with Crippen LogP contribution in [0.25, 0.3) is 11.5 Å². The van der Waals surface area contributed by atoms with Crippen molar-refractivity contribution < 1.29 is 13.9 Å². The minimum atomic E-state index is -0.571. The number of hydrogen-bond acceptors (Lipinski definition) is 5. The zero-order valence-corrected chi connectivity index (χ0v) is 11.8.